The normalized spacial score (nSPS) is 16.6. The zero-order valence-electron chi connectivity index (χ0n) is 19.8. The smallest absolute Gasteiger partial charge is 0.287 e. The quantitative estimate of drug-likeness (QED) is 0.328. The molecule has 6 nitrogen and oxygen atoms in total. The number of nitrogens with two attached hydrogens (primary N) is 1. The van der Waals surface area contributed by atoms with Crippen molar-refractivity contribution in [2.45, 2.75) is 38.8 Å². The molecule has 3 heterocycles. The van der Waals surface area contributed by atoms with E-state index in [1.165, 1.54) is 11.3 Å². The molecular formula is C28H31N5O. The molecule has 1 fully saturated rings. The summed E-state index contributed by atoms with van der Waals surface area (Å²) in [6.07, 6.45) is 3.87. The molecular weight excluding hydrogens is 422 g/mol. The van der Waals surface area contributed by atoms with Crippen LogP contribution in [0.2, 0.25) is 0 Å². The summed E-state index contributed by atoms with van der Waals surface area (Å²) in [6, 6.07) is 24.8. The van der Waals surface area contributed by atoms with Crippen LogP contribution < -0.4 is 5.73 Å². The van der Waals surface area contributed by atoms with Crippen LogP contribution in [-0.4, -0.2) is 39.0 Å². The molecule has 0 spiro atoms. The zero-order valence-corrected chi connectivity index (χ0v) is 19.8. The van der Waals surface area contributed by atoms with Gasteiger partial charge in [0.2, 0.25) is 0 Å². The predicted octanol–water partition coefficient (Wildman–Crippen LogP) is 5.33. The fraction of sp³-hybridized carbons (Fsp3) is 0.286. The van der Waals surface area contributed by atoms with Crippen LogP contribution in [0.3, 0.4) is 0 Å². The van der Waals surface area contributed by atoms with Crippen molar-refractivity contribution in [2.75, 3.05) is 13.1 Å². The molecule has 4 aromatic rings. The van der Waals surface area contributed by atoms with E-state index in [1.807, 2.05) is 36.4 Å². The molecule has 0 bridgehead atoms. The number of amidine groups is 1. The molecule has 1 aliphatic rings. The maximum atomic E-state index is 6.15. The molecule has 2 aromatic heterocycles. The highest BCUT2D eigenvalue weighted by Gasteiger charge is 2.33. The Morgan fingerprint density at radius 2 is 1.71 bits per heavy atom. The molecule has 0 radical (unpaired) electrons. The molecule has 2 aromatic carbocycles. The third-order valence-corrected chi connectivity index (χ3v) is 6.59. The standard InChI is InChI=1S/C28H31N5O/c1-21-11-13-23(14-12-21)30-27(29)34-28(2)15-18-32(19-16-28)20-24-26(22-8-4-3-5-9-22)31-25-10-6-7-17-33(24)25/h3-14,17H,15-16,18-20H2,1-2H3,(H2,29,30). The van der Waals surface area contributed by atoms with E-state index in [0.717, 1.165) is 55.1 Å². The lowest BCUT2D eigenvalue weighted by atomic mass is 9.93. The first-order valence-corrected chi connectivity index (χ1v) is 11.8. The number of rotatable bonds is 5. The van der Waals surface area contributed by atoms with E-state index in [2.05, 4.69) is 70.7 Å². The molecule has 1 aliphatic heterocycles. The first-order valence-electron chi connectivity index (χ1n) is 11.8. The van der Waals surface area contributed by atoms with Gasteiger partial charge in [0.1, 0.15) is 11.2 Å². The number of aryl methyl sites for hydroxylation is 1. The average Bonchev–Trinajstić information content (AvgIpc) is 3.21. The van der Waals surface area contributed by atoms with Crippen molar-refractivity contribution in [3.05, 3.63) is 90.3 Å². The summed E-state index contributed by atoms with van der Waals surface area (Å²) in [5.74, 6) is 0. The number of likely N-dealkylation sites (tertiary alicyclic amines) is 1. The fourth-order valence-corrected chi connectivity index (χ4v) is 4.54. The summed E-state index contributed by atoms with van der Waals surface area (Å²) in [7, 11) is 0. The molecule has 5 rings (SSSR count). The zero-order chi connectivity index (χ0) is 23.5. The number of nitrogens with zero attached hydrogens (tertiary/aromatic N) is 4. The summed E-state index contributed by atoms with van der Waals surface area (Å²) in [4.78, 5) is 11.9. The lowest BCUT2D eigenvalue weighted by molar-refractivity contribution is 0.00286. The lowest BCUT2D eigenvalue weighted by Crippen LogP contribution is -2.46. The van der Waals surface area contributed by atoms with Gasteiger partial charge in [-0.1, -0.05) is 54.1 Å². The van der Waals surface area contributed by atoms with E-state index in [0.29, 0.717) is 0 Å². The molecule has 0 aliphatic carbocycles. The molecule has 0 amide bonds. The van der Waals surface area contributed by atoms with Crippen molar-refractivity contribution in [1.82, 2.24) is 14.3 Å². The summed E-state index contributed by atoms with van der Waals surface area (Å²) in [5.41, 5.74) is 12.2. The number of hydrogen-bond donors (Lipinski definition) is 1. The highest BCUT2D eigenvalue weighted by atomic mass is 16.5. The Morgan fingerprint density at radius 1 is 1.00 bits per heavy atom. The second-order valence-electron chi connectivity index (χ2n) is 9.32. The van der Waals surface area contributed by atoms with Crippen LogP contribution >= 0.6 is 0 Å². The van der Waals surface area contributed by atoms with E-state index in [-0.39, 0.29) is 11.6 Å². The Hall–Kier alpha value is -3.64. The third-order valence-electron chi connectivity index (χ3n) is 6.59. The van der Waals surface area contributed by atoms with Crippen molar-refractivity contribution < 1.29 is 4.74 Å². The lowest BCUT2D eigenvalue weighted by Gasteiger charge is -2.39. The number of benzene rings is 2. The highest BCUT2D eigenvalue weighted by molar-refractivity contribution is 5.75. The Balaban J connectivity index is 1.29. The minimum Gasteiger partial charge on any atom is -0.459 e. The minimum atomic E-state index is -0.323. The van der Waals surface area contributed by atoms with Gasteiger partial charge < -0.3 is 14.9 Å². The Labute approximate surface area is 200 Å². The van der Waals surface area contributed by atoms with Crippen molar-refractivity contribution in [3.63, 3.8) is 0 Å². The van der Waals surface area contributed by atoms with Gasteiger partial charge in [0.15, 0.2) is 0 Å². The number of ether oxygens (including phenoxy) is 1. The molecule has 0 atom stereocenters. The second kappa shape index (κ2) is 9.31. The largest absolute Gasteiger partial charge is 0.459 e. The summed E-state index contributed by atoms with van der Waals surface area (Å²) >= 11 is 0. The van der Waals surface area contributed by atoms with Crippen molar-refractivity contribution in [1.29, 1.82) is 0 Å². The van der Waals surface area contributed by atoms with Gasteiger partial charge in [-0.2, -0.15) is 4.99 Å². The molecule has 2 N–H and O–H groups in total. The molecule has 0 saturated carbocycles. The van der Waals surface area contributed by atoms with Gasteiger partial charge in [0, 0.05) is 31.4 Å². The van der Waals surface area contributed by atoms with Crippen molar-refractivity contribution in [2.24, 2.45) is 10.7 Å². The third kappa shape index (κ3) is 4.82. The van der Waals surface area contributed by atoms with Crippen molar-refractivity contribution in [3.8, 4) is 11.3 Å². The van der Waals surface area contributed by atoms with E-state index in [4.69, 9.17) is 15.5 Å². The van der Waals surface area contributed by atoms with E-state index in [9.17, 15) is 0 Å². The van der Waals surface area contributed by atoms with Crippen molar-refractivity contribution >= 4 is 17.4 Å². The van der Waals surface area contributed by atoms with E-state index < -0.39 is 0 Å². The SMILES string of the molecule is Cc1ccc(N=C(N)OC2(C)CCN(Cc3c(-c4ccccc4)nc4ccccn34)CC2)cc1. The van der Waals surface area contributed by atoms with Crippen LogP contribution in [0.1, 0.15) is 31.0 Å². The van der Waals surface area contributed by atoms with Crippen LogP contribution in [0.4, 0.5) is 5.69 Å². The maximum absolute atomic E-state index is 6.15. The van der Waals surface area contributed by atoms with Crippen LogP contribution in [0.5, 0.6) is 0 Å². The number of hydrogen-bond acceptors (Lipinski definition) is 4. The van der Waals surface area contributed by atoms with E-state index in [1.54, 1.807) is 0 Å². The fourth-order valence-electron chi connectivity index (χ4n) is 4.54. The number of imidazole rings is 1. The number of aliphatic imine (C=N–C) groups is 1. The van der Waals surface area contributed by atoms with Gasteiger partial charge in [-0.05, 0) is 51.0 Å². The van der Waals surface area contributed by atoms with Crippen LogP contribution in [-0.2, 0) is 11.3 Å². The average molecular weight is 454 g/mol. The number of aromatic nitrogens is 2. The molecule has 1 saturated heterocycles. The molecule has 0 unspecified atom stereocenters. The molecule has 34 heavy (non-hydrogen) atoms. The first kappa shape index (κ1) is 22.2. The predicted molar refractivity (Wildman–Crippen MR) is 137 cm³/mol. The molecule has 6 heteroatoms. The van der Waals surface area contributed by atoms with Gasteiger partial charge in [-0.25, -0.2) is 4.98 Å². The Kier molecular flexibility index (Phi) is 6.07. The van der Waals surface area contributed by atoms with Gasteiger partial charge in [0.25, 0.3) is 6.02 Å². The van der Waals surface area contributed by atoms with Gasteiger partial charge in [0.05, 0.1) is 17.1 Å². The Morgan fingerprint density at radius 3 is 2.44 bits per heavy atom. The van der Waals surface area contributed by atoms with E-state index >= 15 is 0 Å². The second-order valence-corrected chi connectivity index (χ2v) is 9.32. The maximum Gasteiger partial charge on any atom is 0.287 e. The van der Waals surface area contributed by atoms with Crippen LogP contribution in [0, 0.1) is 6.92 Å². The summed E-state index contributed by atoms with van der Waals surface area (Å²) < 4.78 is 8.35. The summed E-state index contributed by atoms with van der Waals surface area (Å²) in [6.45, 7) is 6.85. The first-order chi connectivity index (χ1) is 16.5. The number of piperidine rings is 1. The number of fused-ring (bicyclic) bond motifs is 1. The highest BCUT2D eigenvalue weighted by Crippen LogP contribution is 2.30. The Bertz CT molecular complexity index is 1290. The minimum absolute atomic E-state index is 0.230. The number of pyridine rings is 1. The summed E-state index contributed by atoms with van der Waals surface area (Å²) in [5, 5.41) is 0. The van der Waals surface area contributed by atoms with Crippen LogP contribution in [0.25, 0.3) is 16.9 Å². The van der Waals surface area contributed by atoms with Gasteiger partial charge >= 0.3 is 0 Å². The van der Waals surface area contributed by atoms with Gasteiger partial charge in [-0.15, -0.1) is 0 Å². The van der Waals surface area contributed by atoms with Crippen LogP contribution in [0.15, 0.2) is 84.0 Å². The topological polar surface area (TPSA) is 68.2 Å². The van der Waals surface area contributed by atoms with Gasteiger partial charge in [-0.3, -0.25) is 4.90 Å². The molecule has 174 valence electrons. The monoisotopic (exact) mass is 453 g/mol.